The van der Waals surface area contributed by atoms with Gasteiger partial charge in [-0.3, -0.25) is 4.79 Å². The minimum Gasteiger partial charge on any atom is -0.489 e. The lowest BCUT2D eigenvalue weighted by molar-refractivity contribution is -0.231. The monoisotopic (exact) mass is 403 g/mol. The average molecular weight is 403 g/mol. The fourth-order valence-corrected chi connectivity index (χ4v) is 3.27. The van der Waals surface area contributed by atoms with Crippen LogP contribution in [-0.4, -0.2) is 64.4 Å². The van der Waals surface area contributed by atoms with Crippen LogP contribution < -0.4 is 10.1 Å². The van der Waals surface area contributed by atoms with Crippen molar-refractivity contribution in [2.45, 2.75) is 37.1 Å². The predicted molar refractivity (Wildman–Crippen MR) is 103 cm³/mol. The van der Waals surface area contributed by atoms with Crippen molar-refractivity contribution in [3.05, 3.63) is 65.2 Å². The number of hydrogen-bond donors (Lipinski definition) is 5. The molecule has 0 aromatic heterocycles. The van der Waals surface area contributed by atoms with Crippen molar-refractivity contribution in [3.8, 4) is 5.75 Å². The van der Waals surface area contributed by atoms with E-state index in [1.54, 1.807) is 49.5 Å². The number of nitrogens with one attached hydrogen (secondary N) is 1. The topological polar surface area (TPSA) is 128 Å². The van der Waals surface area contributed by atoms with E-state index in [9.17, 15) is 25.2 Å². The van der Waals surface area contributed by atoms with Crippen LogP contribution in [0.25, 0.3) is 0 Å². The summed E-state index contributed by atoms with van der Waals surface area (Å²) < 4.78 is 11.4. The van der Waals surface area contributed by atoms with Gasteiger partial charge in [0.25, 0.3) is 5.91 Å². The summed E-state index contributed by atoms with van der Waals surface area (Å²) in [5.74, 6) is 0.321. The first-order valence-electron chi connectivity index (χ1n) is 9.29. The molecule has 5 N–H and O–H groups in total. The second kappa shape index (κ2) is 9.34. The zero-order valence-corrected chi connectivity index (χ0v) is 15.9. The summed E-state index contributed by atoms with van der Waals surface area (Å²) in [5, 5.41) is 42.1. The van der Waals surface area contributed by atoms with Gasteiger partial charge in [-0.2, -0.15) is 0 Å². The average Bonchev–Trinajstić information content (AvgIpc) is 2.76. The molecule has 156 valence electrons. The number of carbonyl (C=O) groups is 1. The highest BCUT2D eigenvalue weighted by atomic mass is 16.5. The number of hydrogen-bond acceptors (Lipinski definition) is 7. The van der Waals surface area contributed by atoms with Gasteiger partial charge in [-0.1, -0.05) is 24.3 Å². The Bertz CT molecular complexity index is 841. The van der Waals surface area contributed by atoms with Crippen molar-refractivity contribution in [2.75, 3.05) is 13.7 Å². The molecule has 2 aromatic carbocycles. The lowest BCUT2D eigenvalue weighted by Crippen LogP contribution is -2.55. The summed E-state index contributed by atoms with van der Waals surface area (Å²) >= 11 is 0. The third kappa shape index (κ3) is 4.75. The first-order valence-corrected chi connectivity index (χ1v) is 9.29. The summed E-state index contributed by atoms with van der Waals surface area (Å²) in [6, 6.07) is 13.9. The summed E-state index contributed by atoms with van der Waals surface area (Å²) in [5.41, 5.74) is 1.88. The van der Waals surface area contributed by atoms with Crippen LogP contribution in [0, 0.1) is 0 Å². The Morgan fingerprint density at radius 2 is 1.83 bits per heavy atom. The van der Waals surface area contributed by atoms with Crippen molar-refractivity contribution in [3.63, 3.8) is 0 Å². The van der Waals surface area contributed by atoms with Gasteiger partial charge in [-0.25, -0.2) is 0 Å². The maximum Gasteiger partial charge on any atom is 0.251 e. The minimum atomic E-state index is -1.44. The standard InChI is InChI=1S/C21H25NO7/c1-22-21(27)14-6-2-4-12(8-14)11-28-15-7-3-5-13(9-15)20-19(26)18(25)17(24)16(10-23)29-20/h2-9,16-20,23-26H,10-11H2,1H3,(H,22,27). The molecule has 0 radical (unpaired) electrons. The maximum absolute atomic E-state index is 11.7. The molecule has 8 heteroatoms. The number of rotatable bonds is 6. The van der Waals surface area contributed by atoms with Crippen molar-refractivity contribution in [2.24, 2.45) is 0 Å². The van der Waals surface area contributed by atoms with E-state index in [2.05, 4.69) is 5.32 Å². The van der Waals surface area contributed by atoms with E-state index in [-0.39, 0.29) is 12.5 Å². The van der Waals surface area contributed by atoms with Gasteiger partial charge in [0.05, 0.1) is 6.61 Å². The number of benzene rings is 2. The van der Waals surface area contributed by atoms with E-state index in [1.165, 1.54) is 0 Å². The van der Waals surface area contributed by atoms with Gasteiger partial charge in [-0.05, 0) is 35.4 Å². The molecule has 2 aromatic rings. The maximum atomic E-state index is 11.7. The summed E-state index contributed by atoms with van der Waals surface area (Å²) in [6.45, 7) is -0.262. The van der Waals surface area contributed by atoms with Gasteiger partial charge in [-0.15, -0.1) is 0 Å². The van der Waals surface area contributed by atoms with Gasteiger partial charge < -0.3 is 35.2 Å². The van der Waals surface area contributed by atoms with Crippen molar-refractivity contribution in [1.82, 2.24) is 5.32 Å². The largest absolute Gasteiger partial charge is 0.489 e. The summed E-state index contributed by atoms with van der Waals surface area (Å²) in [7, 11) is 1.57. The van der Waals surface area contributed by atoms with E-state index in [1.807, 2.05) is 6.07 Å². The zero-order valence-electron chi connectivity index (χ0n) is 15.9. The van der Waals surface area contributed by atoms with Gasteiger partial charge in [0.2, 0.25) is 0 Å². The number of aliphatic hydroxyl groups excluding tert-OH is 4. The van der Waals surface area contributed by atoms with E-state index in [4.69, 9.17) is 9.47 Å². The van der Waals surface area contributed by atoms with Gasteiger partial charge >= 0.3 is 0 Å². The van der Waals surface area contributed by atoms with Crippen molar-refractivity contribution >= 4 is 5.91 Å². The molecule has 5 atom stereocenters. The minimum absolute atomic E-state index is 0.184. The second-order valence-electron chi connectivity index (χ2n) is 6.89. The van der Waals surface area contributed by atoms with E-state index in [0.717, 1.165) is 5.56 Å². The molecule has 1 saturated heterocycles. The van der Waals surface area contributed by atoms with Crippen LogP contribution in [-0.2, 0) is 11.3 Å². The van der Waals surface area contributed by atoms with Crippen LogP contribution in [0.3, 0.4) is 0 Å². The van der Waals surface area contributed by atoms with E-state index >= 15 is 0 Å². The second-order valence-corrected chi connectivity index (χ2v) is 6.89. The van der Waals surface area contributed by atoms with Crippen LogP contribution in [0.5, 0.6) is 5.75 Å². The molecule has 0 saturated carbocycles. The molecule has 1 amide bonds. The highest BCUT2D eigenvalue weighted by Crippen LogP contribution is 2.33. The van der Waals surface area contributed by atoms with Gasteiger partial charge in [0, 0.05) is 12.6 Å². The van der Waals surface area contributed by atoms with Crippen LogP contribution >= 0.6 is 0 Å². The zero-order chi connectivity index (χ0) is 21.0. The normalized spacial score (nSPS) is 26.7. The smallest absolute Gasteiger partial charge is 0.251 e. The summed E-state index contributed by atoms with van der Waals surface area (Å²) in [6.07, 6.45) is -6.10. The predicted octanol–water partition coefficient (Wildman–Crippen LogP) is 0.140. The molecule has 3 rings (SSSR count). The van der Waals surface area contributed by atoms with Crippen molar-refractivity contribution in [1.29, 1.82) is 0 Å². The first kappa shape index (κ1) is 21.2. The Morgan fingerprint density at radius 1 is 1.07 bits per heavy atom. The Morgan fingerprint density at radius 3 is 2.55 bits per heavy atom. The number of amides is 1. The fourth-order valence-electron chi connectivity index (χ4n) is 3.27. The number of aliphatic hydroxyl groups is 4. The van der Waals surface area contributed by atoms with Crippen LogP contribution in [0.1, 0.15) is 27.6 Å². The van der Waals surface area contributed by atoms with E-state index in [0.29, 0.717) is 16.9 Å². The lowest BCUT2D eigenvalue weighted by atomic mass is 9.91. The molecule has 0 aliphatic carbocycles. The number of carbonyl (C=O) groups excluding carboxylic acids is 1. The van der Waals surface area contributed by atoms with Crippen LogP contribution in [0.15, 0.2) is 48.5 Å². The molecule has 0 bridgehead atoms. The van der Waals surface area contributed by atoms with Crippen LogP contribution in [0.2, 0.25) is 0 Å². The molecular weight excluding hydrogens is 378 g/mol. The third-order valence-electron chi connectivity index (χ3n) is 4.90. The third-order valence-corrected chi connectivity index (χ3v) is 4.90. The molecule has 1 aliphatic rings. The molecule has 1 fully saturated rings. The molecule has 5 unspecified atom stereocenters. The summed E-state index contributed by atoms with van der Waals surface area (Å²) in [4.78, 5) is 11.7. The van der Waals surface area contributed by atoms with Gasteiger partial charge in [0.15, 0.2) is 0 Å². The van der Waals surface area contributed by atoms with Gasteiger partial charge in [0.1, 0.15) is 42.9 Å². The Labute approximate surface area is 168 Å². The SMILES string of the molecule is CNC(=O)c1cccc(COc2cccc(C3OC(CO)C(O)C(O)C3O)c2)c1. The highest BCUT2D eigenvalue weighted by molar-refractivity contribution is 5.94. The molecule has 29 heavy (non-hydrogen) atoms. The number of ether oxygens (including phenoxy) is 2. The molecule has 1 heterocycles. The van der Waals surface area contributed by atoms with E-state index < -0.39 is 37.1 Å². The molecule has 8 nitrogen and oxygen atoms in total. The molecule has 0 spiro atoms. The lowest BCUT2D eigenvalue weighted by Gasteiger charge is -2.40. The first-order chi connectivity index (χ1) is 13.9. The Hall–Kier alpha value is -2.49. The van der Waals surface area contributed by atoms with Crippen molar-refractivity contribution < 1.29 is 34.7 Å². The Kier molecular flexibility index (Phi) is 6.83. The highest BCUT2D eigenvalue weighted by Gasteiger charge is 2.43. The molecule has 1 aliphatic heterocycles. The molecular formula is C21H25NO7. The fraction of sp³-hybridized carbons (Fsp3) is 0.381. The van der Waals surface area contributed by atoms with Crippen LogP contribution in [0.4, 0.5) is 0 Å². The Balaban J connectivity index is 1.72. The quantitative estimate of drug-likeness (QED) is 0.464.